The van der Waals surface area contributed by atoms with Crippen molar-refractivity contribution >= 4 is 0 Å². The van der Waals surface area contributed by atoms with E-state index in [1.54, 1.807) is 0 Å². The molecule has 102 valence electrons. The Morgan fingerprint density at radius 3 is 2.00 bits per heavy atom. The molecule has 0 heterocycles. The molecule has 1 unspecified atom stereocenters. The van der Waals surface area contributed by atoms with Crippen molar-refractivity contribution in [2.24, 2.45) is 11.1 Å². The molecule has 0 bridgehead atoms. The van der Waals surface area contributed by atoms with Crippen molar-refractivity contribution in [1.82, 2.24) is 0 Å². The summed E-state index contributed by atoms with van der Waals surface area (Å²) in [4.78, 5) is 0. The first-order chi connectivity index (χ1) is 8.21. The van der Waals surface area contributed by atoms with Crippen molar-refractivity contribution in [1.29, 1.82) is 0 Å². The Morgan fingerprint density at radius 1 is 1.06 bits per heavy atom. The quantitative estimate of drug-likeness (QED) is 0.843. The average molecular weight is 247 g/mol. The fourth-order valence-electron chi connectivity index (χ4n) is 2.54. The maximum Gasteiger partial charge on any atom is 0.00877 e. The Bertz CT molecular complexity index is 376. The van der Waals surface area contributed by atoms with Crippen LogP contribution in [0.25, 0.3) is 0 Å². The van der Waals surface area contributed by atoms with Gasteiger partial charge in [-0.25, -0.2) is 0 Å². The molecule has 2 N–H and O–H groups in total. The van der Waals surface area contributed by atoms with Crippen LogP contribution in [0.4, 0.5) is 0 Å². The lowest BCUT2D eigenvalue weighted by Gasteiger charge is -2.27. The van der Waals surface area contributed by atoms with Crippen LogP contribution in [-0.4, -0.2) is 6.04 Å². The standard InChI is InChI=1S/C17H29N/c1-12-10-13(2)15(14(3)11-12)8-7-9-16(18)17(4,5)6/h10-11,16H,7-9,18H2,1-6H3. The zero-order valence-electron chi connectivity index (χ0n) is 12.9. The Hall–Kier alpha value is -0.820. The summed E-state index contributed by atoms with van der Waals surface area (Å²) in [5.74, 6) is 0. The van der Waals surface area contributed by atoms with E-state index in [1.165, 1.54) is 28.7 Å². The van der Waals surface area contributed by atoms with Crippen molar-refractivity contribution in [3.8, 4) is 0 Å². The molecule has 18 heavy (non-hydrogen) atoms. The number of benzene rings is 1. The summed E-state index contributed by atoms with van der Waals surface area (Å²) in [6.45, 7) is 13.3. The second-order valence-corrected chi connectivity index (χ2v) is 6.74. The molecule has 0 aliphatic carbocycles. The van der Waals surface area contributed by atoms with Gasteiger partial charge in [-0.15, -0.1) is 0 Å². The van der Waals surface area contributed by atoms with E-state index in [0.29, 0.717) is 6.04 Å². The third-order valence-corrected chi connectivity index (χ3v) is 3.89. The predicted octanol–water partition coefficient (Wildman–Crippen LogP) is 4.31. The minimum Gasteiger partial charge on any atom is -0.327 e. The topological polar surface area (TPSA) is 26.0 Å². The van der Waals surface area contributed by atoms with Crippen molar-refractivity contribution < 1.29 is 0 Å². The van der Waals surface area contributed by atoms with Gasteiger partial charge in [0.1, 0.15) is 0 Å². The van der Waals surface area contributed by atoms with Gasteiger partial charge in [-0.05, 0) is 62.1 Å². The van der Waals surface area contributed by atoms with Gasteiger partial charge in [-0.2, -0.15) is 0 Å². The van der Waals surface area contributed by atoms with Crippen LogP contribution in [0.1, 0.15) is 55.9 Å². The van der Waals surface area contributed by atoms with Crippen molar-refractivity contribution in [3.05, 3.63) is 34.4 Å². The lowest BCUT2D eigenvalue weighted by molar-refractivity contribution is 0.301. The van der Waals surface area contributed by atoms with Gasteiger partial charge < -0.3 is 5.73 Å². The molecule has 0 aliphatic heterocycles. The normalized spacial score (nSPS) is 13.7. The van der Waals surface area contributed by atoms with Gasteiger partial charge in [0, 0.05) is 6.04 Å². The largest absolute Gasteiger partial charge is 0.327 e. The fourth-order valence-corrected chi connectivity index (χ4v) is 2.54. The molecule has 0 fully saturated rings. The number of hydrogen-bond acceptors (Lipinski definition) is 1. The molecule has 0 aromatic heterocycles. The third-order valence-electron chi connectivity index (χ3n) is 3.89. The van der Waals surface area contributed by atoms with Crippen LogP contribution >= 0.6 is 0 Å². The van der Waals surface area contributed by atoms with Crippen LogP contribution in [0.5, 0.6) is 0 Å². The van der Waals surface area contributed by atoms with Gasteiger partial charge >= 0.3 is 0 Å². The van der Waals surface area contributed by atoms with Crippen LogP contribution in [0.15, 0.2) is 12.1 Å². The van der Waals surface area contributed by atoms with Gasteiger partial charge in [0.15, 0.2) is 0 Å². The summed E-state index contributed by atoms with van der Waals surface area (Å²) in [5, 5.41) is 0. The second-order valence-electron chi connectivity index (χ2n) is 6.74. The highest BCUT2D eigenvalue weighted by Crippen LogP contribution is 2.23. The minimum atomic E-state index is 0.220. The SMILES string of the molecule is Cc1cc(C)c(CCCC(N)C(C)(C)C)c(C)c1. The molecule has 1 atom stereocenters. The molecule has 0 aliphatic rings. The average Bonchev–Trinajstić information content (AvgIpc) is 2.19. The van der Waals surface area contributed by atoms with E-state index in [0.717, 1.165) is 12.8 Å². The number of hydrogen-bond donors (Lipinski definition) is 1. The first-order valence-electron chi connectivity index (χ1n) is 7.04. The molecule has 0 radical (unpaired) electrons. The van der Waals surface area contributed by atoms with Gasteiger partial charge in [-0.1, -0.05) is 38.5 Å². The Labute approximate surface area is 113 Å². The molecule has 0 saturated heterocycles. The predicted molar refractivity (Wildman–Crippen MR) is 81.0 cm³/mol. The molecule has 0 amide bonds. The first-order valence-corrected chi connectivity index (χ1v) is 7.04. The highest BCUT2D eigenvalue weighted by molar-refractivity contribution is 5.37. The summed E-state index contributed by atoms with van der Waals surface area (Å²) in [6, 6.07) is 4.86. The lowest BCUT2D eigenvalue weighted by Crippen LogP contribution is -2.34. The zero-order chi connectivity index (χ0) is 13.9. The molecular weight excluding hydrogens is 218 g/mol. The van der Waals surface area contributed by atoms with Gasteiger partial charge in [0.25, 0.3) is 0 Å². The molecule has 1 aromatic rings. The van der Waals surface area contributed by atoms with Crippen LogP contribution < -0.4 is 5.73 Å². The van der Waals surface area contributed by atoms with Gasteiger partial charge in [0.2, 0.25) is 0 Å². The molecule has 0 saturated carbocycles. The summed E-state index contributed by atoms with van der Waals surface area (Å²) >= 11 is 0. The highest BCUT2D eigenvalue weighted by atomic mass is 14.7. The van der Waals surface area contributed by atoms with Crippen LogP contribution in [0, 0.1) is 26.2 Å². The summed E-state index contributed by atoms with van der Waals surface area (Å²) in [7, 11) is 0. The van der Waals surface area contributed by atoms with E-state index >= 15 is 0 Å². The maximum atomic E-state index is 6.22. The maximum absolute atomic E-state index is 6.22. The summed E-state index contributed by atoms with van der Waals surface area (Å²) in [6.07, 6.45) is 3.45. The Kier molecular flexibility index (Phi) is 4.98. The summed E-state index contributed by atoms with van der Waals surface area (Å²) in [5.41, 5.74) is 12.2. The Balaban J connectivity index is 2.60. The van der Waals surface area contributed by atoms with Gasteiger partial charge in [-0.3, -0.25) is 0 Å². The number of aryl methyl sites for hydroxylation is 3. The van der Waals surface area contributed by atoms with Crippen LogP contribution in [-0.2, 0) is 6.42 Å². The van der Waals surface area contributed by atoms with Crippen molar-refractivity contribution in [2.75, 3.05) is 0 Å². The zero-order valence-corrected chi connectivity index (χ0v) is 12.9. The van der Waals surface area contributed by atoms with Crippen molar-refractivity contribution in [3.63, 3.8) is 0 Å². The third kappa shape index (κ3) is 4.13. The van der Waals surface area contributed by atoms with Crippen LogP contribution in [0.3, 0.4) is 0 Å². The van der Waals surface area contributed by atoms with E-state index in [1.807, 2.05) is 0 Å². The monoisotopic (exact) mass is 247 g/mol. The second kappa shape index (κ2) is 5.88. The number of nitrogens with two attached hydrogens (primary N) is 1. The van der Waals surface area contributed by atoms with E-state index < -0.39 is 0 Å². The molecule has 1 aromatic carbocycles. The molecule has 1 rings (SSSR count). The van der Waals surface area contributed by atoms with E-state index in [2.05, 4.69) is 53.7 Å². The summed E-state index contributed by atoms with van der Waals surface area (Å²) < 4.78 is 0. The molecule has 1 heteroatoms. The molecular formula is C17H29N. The molecule has 1 nitrogen and oxygen atoms in total. The Morgan fingerprint density at radius 2 is 1.56 bits per heavy atom. The van der Waals surface area contributed by atoms with E-state index in [-0.39, 0.29) is 5.41 Å². The first kappa shape index (κ1) is 15.2. The van der Waals surface area contributed by atoms with Crippen LogP contribution in [0.2, 0.25) is 0 Å². The smallest absolute Gasteiger partial charge is 0.00877 e. The fraction of sp³-hybridized carbons (Fsp3) is 0.647. The van der Waals surface area contributed by atoms with Crippen molar-refractivity contribution in [2.45, 2.75) is 66.8 Å². The van der Waals surface area contributed by atoms with E-state index in [9.17, 15) is 0 Å². The highest BCUT2D eigenvalue weighted by Gasteiger charge is 2.19. The van der Waals surface area contributed by atoms with Gasteiger partial charge in [0.05, 0.1) is 0 Å². The van der Waals surface area contributed by atoms with E-state index in [4.69, 9.17) is 5.73 Å². The number of rotatable bonds is 4. The molecule has 0 spiro atoms. The minimum absolute atomic E-state index is 0.220. The lowest BCUT2D eigenvalue weighted by atomic mass is 9.84.